The van der Waals surface area contributed by atoms with E-state index >= 15 is 0 Å². The molecule has 0 aromatic heterocycles. The van der Waals surface area contributed by atoms with Gasteiger partial charge in [0.15, 0.2) is 0 Å². The molecule has 0 saturated heterocycles. The van der Waals surface area contributed by atoms with Gasteiger partial charge in [-0.15, -0.1) is 0 Å². The van der Waals surface area contributed by atoms with Crippen LogP contribution < -0.4 is 0 Å². The number of hydrogen-bond acceptors (Lipinski definition) is 2. The lowest BCUT2D eigenvalue weighted by Gasteiger charge is -2.13. The minimum atomic E-state index is 0.267. The smallest absolute Gasteiger partial charge is 0.127 e. The predicted molar refractivity (Wildman–Crippen MR) is 236 cm³/mol. The van der Waals surface area contributed by atoms with Crippen molar-refractivity contribution >= 4 is 10.8 Å². The standard InChI is InChI=1S/C51H74O2/c1-38(2)20-13-21-39(3)22-14-23-40(4)24-15-25-41(5)26-16-27-42(6)28-17-29-43(7)30-18-31-44(8)32-19-33-45(9)36-37-47-46(10)50(52)48-34-11-12-35-49(48)51(47)53/h11-12,20,22,24,26,28,30,32,34-36,52-53H,13-19,21,23,25,27,29,31,33,37H2,1-10H3/b39-22-,40-24+,41-26-,42-28+,43-30+,44-32+,45-36+. The van der Waals surface area contributed by atoms with Gasteiger partial charge in [-0.3, -0.25) is 0 Å². The molecule has 0 atom stereocenters. The van der Waals surface area contributed by atoms with Crippen molar-refractivity contribution in [2.75, 3.05) is 0 Å². The van der Waals surface area contributed by atoms with Gasteiger partial charge in [-0.2, -0.15) is 0 Å². The van der Waals surface area contributed by atoms with Crippen LogP contribution in [0.3, 0.4) is 0 Å². The molecular formula is C51H74O2. The highest BCUT2D eigenvalue weighted by atomic mass is 16.3. The average Bonchev–Trinajstić information content (AvgIpc) is 3.10. The minimum absolute atomic E-state index is 0.267. The molecule has 2 N–H and O–H groups in total. The third kappa shape index (κ3) is 18.7. The van der Waals surface area contributed by atoms with E-state index in [9.17, 15) is 10.2 Å². The minimum Gasteiger partial charge on any atom is -0.507 e. The van der Waals surface area contributed by atoms with E-state index in [-0.39, 0.29) is 11.5 Å². The predicted octanol–water partition coefficient (Wildman–Crippen LogP) is 16.2. The lowest BCUT2D eigenvalue weighted by Crippen LogP contribution is -1.92. The maximum atomic E-state index is 10.9. The van der Waals surface area contributed by atoms with Gasteiger partial charge in [0, 0.05) is 16.3 Å². The Labute approximate surface area is 325 Å². The summed E-state index contributed by atoms with van der Waals surface area (Å²) in [4.78, 5) is 0. The summed E-state index contributed by atoms with van der Waals surface area (Å²) in [7, 11) is 0. The molecular weight excluding hydrogens is 645 g/mol. The molecule has 2 rings (SSSR count). The van der Waals surface area contributed by atoms with Crippen LogP contribution in [0.5, 0.6) is 11.5 Å². The van der Waals surface area contributed by atoms with Gasteiger partial charge in [0.1, 0.15) is 11.5 Å². The molecule has 0 bridgehead atoms. The van der Waals surface area contributed by atoms with E-state index < -0.39 is 0 Å². The molecule has 0 radical (unpaired) electrons. The van der Waals surface area contributed by atoms with Crippen LogP contribution in [-0.4, -0.2) is 10.2 Å². The Morgan fingerprint density at radius 1 is 0.415 bits per heavy atom. The number of fused-ring (bicyclic) bond motifs is 1. The zero-order valence-corrected chi connectivity index (χ0v) is 35.4. The SMILES string of the molecule is CC(C)=CCC/C(C)=C\CC/C(C)=C/CC/C(C)=C\CC/C(C)=C/CC/C(C)=C/CC/C(C)=C/CC/C(C)=C/Cc1c(C)c(O)c2ccccc2c1O. The quantitative estimate of drug-likeness (QED) is 0.0887. The van der Waals surface area contributed by atoms with Crippen molar-refractivity contribution in [1.29, 1.82) is 0 Å². The molecule has 53 heavy (non-hydrogen) atoms. The van der Waals surface area contributed by atoms with Crippen molar-refractivity contribution in [3.63, 3.8) is 0 Å². The molecule has 0 aliphatic rings. The van der Waals surface area contributed by atoms with Crippen molar-refractivity contribution in [2.24, 2.45) is 0 Å². The fourth-order valence-electron chi connectivity index (χ4n) is 6.69. The fourth-order valence-corrected chi connectivity index (χ4v) is 6.69. The first-order valence-corrected chi connectivity index (χ1v) is 20.4. The summed E-state index contributed by atoms with van der Waals surface area (Å²) in [6, 6.07) is 7.50. The largest absolute Gasteiger partial charge is 0.507 e. The molecule has 0 aliphatic carbocycles. The first kappa shape index (κ1) is 45.4. The van der Waals surface area contributed by atoms with Gasteiger partial charge >= 0.3 is 0 Å². The van der Waals surface area contributed by atoms with Crippen molar-refractivity contribution in [3.8, 4) is 11.5 Å². The highest BCUT2D eigenvalue weighted by Gasteiger charge is 2.14. The van der Waals surface area contributed by atoms with Crippen molar-refractivity contribution in [1.82, 2.24) is 0 Å². The fraction of sp³-hybridized carbons (Fsp3) is 0.490. The Balaban J connectivity index is 1.64. The van der Waals surface area contributed by atoms with Crippen LogP contribution in [0, 0.1) is 6.92 Å². The number of benzene rings is 2. The molecule has 0 saturated carbocycles. The summed E-state index contributed by atoms with van der Waals surface area (Å²) in [5.41, 5.74) is 13.3. The van der Waals surface area contributed by atoms with Crippen LogP contribution in [0.4, 0.5) is 0 Å². The van der Waals surface area contributed by atoms with E-state index in [0.29, 0.717) is 17.2 Å². The van der Waals surface area contributed by atoms with Crippen LogP contribution in [0.15, 0.2) is 117 Å². The van der Waals surface area contributed by atoms with Gasteiger partial charge < -0.3 is 10.2 Å². The van der Waals surface area contributed by atoms with Gasteiger partial charge in [0.2, 0.25) is 0 Å². The zero-order valence-electron chi connectivity index (χ0n) is 35.4. The van der Waals surface area contributed by atoms with Gasteiger partial charge in [-0.25, -0.2) is 0 Å². The normalized spacial score (nSPS) is 14.0. The van der Waals surface area contributed by atoms with Crippen LogP contribution in [-0.2, 0) is 6.42 Å². The third-order valence-electron chi connectivity index (χ3n) is 10.5. The molecule has 0 aliphatic heterocycles. The van der Waals surface area contributed by atoms with Crippen LogP contribution >= 0.6 is 0 Å². The summed E-state index contributed by atoms with van der Waals surface area (Å²) in [5.74, 6) is 0.549. The molecule has 2 heteroatoms. The van der Waals surface area contributed by atoms with Crippen molar-refractivity contribution in [3.05, 3.63) is 129 Å². The number of aromatic hydroxyl groups is 2. The Hall–Kier alpha value is -3.78. The number of phenolic OH excluding ortho intramolecular Hbond substituents is 2. The number of phenols is 2. The molecule has 0 heterocycles. The highest BCUT2D eigenvalue weighted by Crippen LogP contribution is 2.39. The van der Waals surface area contributed by atoms with Crippen LogP contribution in [0.2, 0.25) is 0 Å². The summed E-state index contributed by atoms with van der Waals surface area (Å²) >= 11 is 0. The molecule has 2 aromatic carbocycles. The van der Waals surface area contributed by atoms with Crippen molar-refractivity contribution in [2.45, 2.75) is 166 Å². The van der Waals surface area contributed by atoms with Crippen LogP contribution in [0.1, 0.15) is 163 Å². The van der Waals surface area contributed by atoms with Gasteiger partial charge in [-0.05, 0) is 171 Å². The van der Waals surface area contributed by atoms with E-state index in [0.717, 1.165) is 81.8 Å². The topological polar surface area (TPSA) is 40.5 Å². The maximum Gasteiger partial charge on any atom is 0.127 e. The summed E-state index contributed by atoms with van der Waals surface area (Å²) < 4.78 is 0. The number of rotatable bonds is 23. The molecule has 0 spiro atoms. The summed E-state index contributed by atoms with van der Waals surface area (Å²) in [5, 5.41) is 23.0. The van der Waals surface area contributed by atoms with Crippen molar-refractivity contribution < 1.29 is 10.2 Å². The number of hydrogen-bond donors (Lipinski definition) is 2. The van der Waals surface area contributed by atoms with E-state index in [2.05, 4.69) is 111 Å². The Kier molecular flexibility index (Phi) is 21.6. The van der Waals surface area contributed by atoms with E-state index in [1.54, 1.807) is 0 Å². The van der Waals surface area contributed by atoms with Gasteiger partial charge in [0.05, 0.1) is 0 Å². The first-order chi connectivity index (χ1) is 25.3. The Bertz CT molecular complexity index is 1690. The molecule has 290 valence electrons. The molecule has 0 unspecified atom stereocenters. The van der Waals surface area contributed by atoms with E-state index in [1.165, 1.54) is 63.8 Å². The summed E-state index contributed by atoms with van der Waals surface area (Å²) in [6.45, 7) is 22.1. The molecule has 2 aromatic rings. The second kappa shape index (κ2) is 25.3. The summed E-state index contributed by atoms with van der Waals surface area (Å²) in [6.07, 6.45) is 35.5. The lowest BCUT2D eigenvalue weighted by atomic mass is 9.95. The Morgan fingerprint density at radius 3 is 1.02 bits per heavy atom. The second-order valence-electron chi connectivity index (χ2n) is 16.0. The maximum absolute atomic E-state index is 10.9. The van der Waals surface area contributed by atoms with E-state index in [4.69, 9.17) is 0 Å². The second-order valence-corrected chi connectivity index (χ2v) is 16.0. The van der Waals surface area contributed by atoms with Crippen LogP contribution in [0.25, 0.3) is 10.8 Å². The highest BCUT2D eigenvalue weighted by molar-refractivity contribution is 5.95. The van der Waals surface area contributed by atoms with Gasteiger partial charge in [-0.1, -0.05) is 117 Å². The molecule has 2 nitrogen and oxygen atoms in total. The van der Waals surface area contributed by atoms with Gasteiger partial charge in [0.25, 0.3) is 0 Å². The number of allylic oxidation sites excluding steroid dienone is 16. The Morgan fingerprint density at radius 2 is 0.698 bits per heavy atom. The first-order valence-electron chi connectivity index (χ1n) is 20.4. The monoisotopic (exact) mass is 719 g/mol. The van der Waals surface area contributed by atoms with E-state index in [1.807, 2.05) is 31.2 Å². The zero-order chi connectivity index (χ0) is 39.2. The molecule has 0 fully saturated rings. The lowest BCUT2D eigenvalue weighted by molar-refractivity contribution is 0.461. The molecule has 0 amide bonds. The average molecular weight is 719 g/mol. The third-order valence-corrected chi connectivity index (χ3v) is 10.5.